The van der Waals surface area contributed by atoms with E-state index in [4.69, 9.17) is 20.0 Å². The second-order valence-electron chi connectivity index (χ2n) is 11.6. The predicted molar refractivity (Wildman–Crippen MR) is 157 cm³/mol. The molecule has 2 unspecified atom stereocenters. The largest absolute Gasteiger partial charge is 0.481 e. The minimum Gasteiger partial charge on any atom is -0.481 e. The van der Waals surface area contributed by atoms with Crippen LogP contribution in [-0.4, -0.2) is 74.9 Å². The number of amidine groups is 1. The van der Waals surface area contributed by atoms with Gasteiger partial charge in [0.05, 0.1) is 54.5 Å². The van der Waals surface area contributed by atoms with E-state index < -0.39 is 35.7 Å². The molecule has 4 N–H and O–H groups in total. The Bertz CT molecular complexity index is 1540. The number of β-amino-alcohol motifs (C(OH)–C–C–N with tert-alkyl or cyclic N) is 1. The molecule has 1 fully saturated rings. The first-order chi connectivity index (χ1) is 20.4. The summed E-state index contributed by atoms with van der Waals surface area (Å²) in [4.78, 5) is 33.3. The predicted octanol–water partition coefficient (Wildman–Crippen LogP) is 3.51. The third-order valence-electron chi connectivity index (χ3n) is 7.17. The van der Waals surface area contributed by atoms with E-state index in [0.29, 0.717) is 52.8 Å². The number of fused-ring (bicyclic) bond motifs is 1. The van der Waals surface area contributed by atoms with Crippen LogP contribution in [0, 0.1) is 12.7 Å². The summed E-state index contributed by atoms with van der Waals surface area (Å²) >= 11 is 0. The lowest BCUT2D eigenvalue weighted by atomic mass is 9.90. The number of aromatic nitrogens is 3. The first-order valence-corrected chi connectivity index (χ1v) is 14.0. The van der Waals surface area contributed by atoms with E-state index in [1.54, 1.807) is 52.0 Å². The minimum atomic E-state index is -0.701. The van der Waals surface area contributed by atoms with Gasteiger partial charge in [-0.05, 0) is 57.9 Å². The van der Waals surface area contributed by atoms with Crippen molar-refractivity contribution >= 4 is 17.9 Å². The number of nitrogens with one attached hydrogen (secondary N) is 1. The maximum absolute atomic E-state index is 14.5. The van der Waals surface area contributed by atoms with Gasteiger partial charge in [0.2, 0.25) is 11.8 Å². The summed E-state index contributed by atoms with van der Waals surface area (Å²) in [6.07, 6.45) is -0.498. The summed E-state index contributed by atoms with van der Waals surface area (Å²) in [6, 6.07) is 8.96. The summed E-state index contributed by atoms with van der Waals surface area (Å²) in [5, 5.41) is 18.1. The molecule has 228 valence electrons. The lowest BCUT2D eigenvalue weighted by Gasteiger charge is -2.30. The van der Waals surface area contributed by atoms with Gasteiger partial charge in [0.25, 0.3) is 0 Å². The third-order valence-corrected chi connectivity index (χ3v) is 7.17. The lowest BCUT2D eigenvalue weighted by Crippen LogP contribution is -2.42. The van der Waals surface area contributed by atoms with Gasteiger partial charge in [-0.1, -0.05) is 17.3 Å². The highest BCUT2D eigenvalue weighted by atomic mass is 19.1. The van der Waals surface area contributed by atoms with Crippen LogP contribution in [0.5, 0.6) is 5.88 Å². The molecule has 2 aromatic heterocycles. The number of halogens is 1. The van der Waals surface area contributed by atoms with Crippen molar-refractivity contribution in [3.05, 3.63) is 64.7 Å². The quantitative estimate of drug-likeness (QED) is 0.361. The molecule has 0 aliphatic carbocycles. The Kier molecular flexibility index (Phi) is 8.36. The summed E-state index contributed by atoms with van der Waals surface area (Å²) in [6.45, 7) is 7.31. The molecule has 1 saturated heterocycles. The molecule has 13 heteroatoms. The number of nitrogens with two attached hydrogens (primary N) is 1. The number of aryl methyl sites for hydroxylation is 1. The van der Waals surface area contributed by atoms with Gasteiger partial charge in [-0.3, -0.25) is 4.90 Å². The Hall–Kier alpha value is -4.52. The van der Waals surface area contributed by atoms with Crippen LogP contribution >= 0.6 is 0 Å². The number of methoxy groups -OCH3 is 1. The minimum absolute atomic E-state index is 0.0197. The van der Waals surface area contributed by atoms with Crippen molar-refractivity contribution in [2.24, 2.45) is 5.16 Å². The Morgan fingerprint density at radius 1 is 1.23 bits per heavy atom. The highest BCUT2D eigenvalue weighted by Crippen LogP contribution is 2.34. The van der Waals surface area contributed by atoms with Crippen molar-refractivity contribution in [3.8, 4) is 17.1 Å². The van der Waals surface area contributed by atoms with E-state index in [1.165, 1.54) is 24.1 Å². The van der Waals surface area contributed by atoms with Gasteiger partial charge < -0.3 is 30.5 Å². The maximum Gasteiger partial charge on any atom is 0.410 e. The molecule has 3 aromatic rings. The van der Waals surface area contributed by atoms with Gasteiger partial charge in [-0.15, -0.1) is 0 Å². The van der Waals surface area contributed by atoms with Crippen molar-refractivity contribution in [2.45, 2.75) is 64.3 Å². The van der Waals surface area contributed by atoms with E-state index in [2.05, 4.69) is 25.4 Å². The zero-order chi connectivity index (χ0) is 30.9. The van der Waals surface area contributed by atoms with Gasteiger partial charge in [0, 0.05) is 18.1 Å². The standard InChI is InChI=1S/C30H36FN7O5/c1-16-26-24(36-28(32)33-16)13-23(20-10-9-17(31)11-21(20)22-7-6-8-25(34-22)41-5)35-27(26)37-42-15-18-12-19(39)14-38(18)29(40)43-30(2,3)4/h6-11,18-19,23,39H,12-15H2,1-5H3,(H,35,37)(H2,32,33,36)/t18?,19?,23-/m1/s1. The van der Waals surface area contributed by atoms with Gasteiger partial charge in [0.1, 0.15) is 18.0 Å². The van der Waals surface area contributed by atoms with Crippen LogP contribution in [0.25, 0.3) is 11.3 Å². The molecule has 2 aliphatic heterocycles. The fraction of sp³-hybridized carbons (Fsp3) is 0.433. The molecule has 2 aliphatic rings. The SMILES string of the molecule is COc1cccc(-c2cc(F)ccc2[C@H]2Cc3nc(N)nc(C)c3/C(=N/OCC3CC(O)CN3C(=O)OC(C)(C)C)N2)n1. The van der Waals surface area contributed by atoms with E-state index in [1.807, 2.05) is 0 Å². The fourth-order valence-electron chi connectivity index (χ4n) is 5.37. The van der Waals surface area contributed by atoms with E-state index in [0.717, 1.165) is 5.56 Å². The van der Waals surface area contributed by atoms with Crippen LogP contribution in [0.3, 0.4) is 0 Å². The molecular weight excluding hydrogens is 557 g/mol. The van der Waals surface area contributed by atoms with Crippen molar-refractivity contribution in [2.75, 3.05) is 26.0 Å². The van der Waals surface area contributed by atoms with Gasteiger partial charge in [0.15, 0.2) is 5.84 Å². The number of hydrogen-bond donors (Lipinski definition) is 3. The van der Waals surface area contributed by atoms with Gasteiger partial charge in [-0.25, -0.2) is 24.1 Å². The molecule has 43 heavy (non-hydrogen) atoms. The van der Waals surface area contributed by atoms with Crippen molar-refractivity contribution in [3.63, 3.8) is 0 Å². The number of hydrogen-bond acceptors (Lipinski definition) is 10. The fourth-order valence-corrected chi connectivity index (χ4v) is 5.37. The van der Waals surface area contributed by atoms with E-state index in [9.17, 15) is 14.3 Å². The number of oxime groups is 1. The molecule has 4 heterocycles. The van der Waals surface area contributed by atoms with Gasteiger partial charge >= 0.3 is 6.09 Å². The van der Waals surface area contributed by atoms with Crippen LogP contribution in [0.1, 0.15) is 55.7 Å². The van der Waals surface area contributed by atoms with Crippen LogP contribution in [0.2, 0.25) is 0 Å². The average molecular weight is 594 g/mol. The number of anilines is 1. The summed E-state index contributed by atoms with van der Waals surface area (Å²) in [5.41, 5.74) is 9.10. The van der Waals surface area contributed by atoms with Crippen molar-refractivity contribution in [1.82, 2.24) is 25.2 Å². The van der Waals surface area contributed by atoms with Crippen LogP contribution < -0.4 is 15.8 Å². The number of rotatable bonds is 6. The number of aliphatic hydroxyl groups excluding tert-OH is 1. The zero-order valence-electron chi connectivity index (χ0n) is 24.8. The van der Waals surface area contributed by atoms with Crippen molar-refractivity contribution < 1.29 is 28.6 Å². The van der Waals surface area contributed by atoms with Gasteiger partial charge in [-0.2, -0.15) is 0 Å². The van der Waals surface area contributed by atoms with E-state index in [-0.39, 0.29) is 19.1 Å². The third kappa shape index (κ3) is 6.77. The molecular formula is C30H36FN7O5. The lowest BCUT2D eigenvalue weighted by molar-refractivity contribution is 0.0103. The molecule has 0 bridgehead atoms. The zero-order valence-corrected chi connectivity index (χ0v) is 24.8. The Morgan fingerprint density at radius 2 is 2.02 bits per heavy atom. The summed E-state index contributed by atoms with van der Waals surface area (Å²) < 4.78 is 25.3. The number of nitrogens with zero attached hydrogens (tertiary/aromatic N) is 5. The normalized spacial score (nSPS) is 20.9. The molecule has 1 amide bonds. The number of amides is 1. The van der Waals surface area contributed by atoms with Crippen molar-refractivity contribution in [1.29, 1.82) is 0 Å². The Labute approximate surface area is 249 Å². The van der Waals surface area contributed by atoms with E-state index >= 15 is 0 Å². The van der Waals surface area contributed by atoms with Crippen LogP contribution in [-0.2, 0) is 16.0 Å². The van der Waals surface area contributed by atoms with Crippen LogP contribution in [0.4, 0.5) is 15.1 Å². The average Bonchev–Trinajstić information content (AvgIpc) is 3.32. The topological polar surface area (TPSA) is 157 Å². The number of pyridine rings is 1. The van der Waals surface area contributed by atoms with Crippen LogP contribution in [0.15, 0.2) is 41.6 Å². The first kappa shape index (κ1) is 30.0. The number of ether oxygens (including phenoxy) is 2. The molecule has 12 nitrogen and oxygen atoms in total. The molecule has 5 rings (SSSR count). The number of nitrogen functional groups attached to an aromatic ring is 1. The number of likely N-dealkylation sites (tertiary alicyclic amines) is 1. The number of benzene rings is 1. The molecule has 0 saturated carbocycles. The number of aliphatic hydroxyl groups is 1. The highest BCUT2D eigenvalue weighted by Gasteiger charge is 2.38. The Morgan fingerprint density at radius 3 is 2.77 bits per heavy atom. The number of carbonyl (C=O) groups excluding carboxylic acids is 1. The molecule has 0 spiro atoms. The Balaban J connectivity index is 1.45. The molecule has 3 atom stereocenters. The number of carbonyl (C=O) groups is 1. The highest BCUT2D eigenvalue weighted by molar-refractivity contribution is 6.01. The second-order valence-corrected chi connectivity index (χ2v) is 11.6. The smallest absolute Gasteiger partial charge is 0.410 e. The molecule has 1 aromatic carbocycles. The maximum atomic E-state index is 14.5. The molecule has 0 radical (unpaired) electrons. The first-order valence-electron chi connectivity index (χ1n) is 14.0. The summed E-state index contributed by atoms with van der Waals surface area (Å²) in [5.74, 6) is 0.477. The monoisotopic (exact) mass is 593 g/mol. The summed E-state index contributed by atoms with van der Waals surface area (Å²) in [7, 11) is 1.52. The second kappa shape index (κ2) is 12.0.